The second-order valence-corrected chi connectivity index (χ2v) is 5.60. The Balaban J connectivity index is 4.60. The average molecular weight is 272 g/mol. The van der Waals surface area contributed by atoms with E-state index in [1.54, 1.807) is 13.0 Å². The number of Topliss-reactive ketones (excluding diaryl/α,β-unsaturated/α-hetero) is 1. The van der Waals surface area contributed by atoms with Gasteiger partial charge in [-0.1, -0.05) is 26.0 Å². The molecule has 0 rings (SSSR count). The van der Waals surface area contributed by atoms with Gasteiger partial charge in [0.15, 0.2) is 0 Å². The summed E-state index contributed by atoms with van der Waals surface area (Å²) in [6.07, 6.45) is 5.57. The van der Waals surface area contributed by atoms with Gasteiger partial charge in [0.25, 0.3) is 0 Å². The van der Waals surface area contributed by atoms with Crippen molar-refractivity contribution in [3.63, 3.8) is 0 Å². The molecule has 3 N–H and O–H groups in total. The van der Waals surface area contributed by atoms with Gasteiger partial charge in [-0.2, -0.15) is 0 Å². The minimum Gasteiger partial charge on any atom is -0.396 e. The van der Waals surface area contributed by atoms with Gasteiger partial charge in [0.2, 0.25) is 0 Å². The van der Waals surface area contributed by atoms with Gasteiger partial charge in [-0.25, -0.2) is 0 Å². The lowest BCUT2D eigenvalue weighted by molar-refractivity contribution is -0.117. The molecule has 112 valence electrons. The summed E-state index contributed by atoms with van der Waals surface area (Å²) in [6.45, 7) is 5.35. The number of hydrogen-bond acceptors (Lipinski definition) is 4. The third-order valence-corrected chi connectivity index (χ3v) is 3.38. The van der Waals surface area contributed by atoms with Crippen molar-refractivity contribution in [3.8, 4) is 0 Å². The van der Waals surface area contributed by atoms with Crippen LogP contribution >= 0.6 is 0 Å². The molecule has 0 aromatic rings. The molecule has 0 fully saturated rings. The molecule has 2 atom stereocenters. The number of ketones is 1. The Morgan fingerprint density at radius 2 is 1.95 bits per heavy atom. The molecule has 0 aromatic heterocycles. The average Bonchev–Trinajstić information content (AvgIpc) is 2.35. The summed E-state index contributed by atoms with van der Waals surface area (Å²) in [5, 5.41) is 28.2. The molecule has 0 heterocycles. The van der Waals surface area contributed by atoms with E-state index >= 15 is 0 Å². The van der Waals surface area contributed by atoms with Gasteiger partial charge in [-0.3, -0.25) is 0 Å². The fourth-order valence-corrected chi connectivity index (χ4v) is 1.92. The first-order valence-electron chi connectivity index (χ1n) is 6.97. The third-order valence-electron chi connectivity index (χ3n) is 3.38. The molecule has 2 unspecified atom stereocenters. The summed E-state index contributed by atoms with van der Waals surface area (Å²) in [5.41, 5.74) is -1.27. The lowest BCUT2D eigenvalue weighted by Crippen LogP contribution is -2.31. The van der Waals surface area contributed by atoms with E-state index in [4.69, 9.17) is 5.11 Å². The largest absolute Gasteiger partial charge is 0.396 e. The maximum absolute atomic E-state index is 11.0. The van der Waals surface area contributed by atoms with Crippen LogP contribution in [-0.4, -0.2) is 39.9 Å². The van der Waals surface area contributed by atoms with Gasteiger partial charge in [-0.05, 0) is 38.0 Å². The number of allylic oxidation sites excluding steroid dienone is 1. The van der Waals surface area contributed by atoms with Gasteiger partial charge >= 0.3 is 0 Å². The Labute approximate surface area is 116 Å². The first-order chi connectivity index (χ1) is 8.84. The number of aliphatic hydroxyl groups is 3. The first kappa shape index (κ1) is 18.3. The van der Waals surface area contributed by atoms with Crippen LogP contribution in [0.15, 0.2) is 12.2 Å². The zero-order chi connectivity index (χ0) is 14.9. The van der Waals surface area contributed by atoms with Crippen molar-refractivity contribution in [2.24, 2.45) is 11.8 Å². The molecule has 0 amide bonds. The van der Waals surface area contributed by atoms with E-state index in [1.807, 2.05) is 6.08 Å². The van der Waals surface area contributed by atoms with Crippen LogP contribution in [0.5, 0.6) is 0 Å². The van der Waals surface area contributed by atoms with Gasteiger partial charge in [0, 0.05) is 13.0 Å². The first-order valence-corrected chi connectivity index (χ1v) is 6.97. The molecular weight excluding hydrogens is 244 g/mol. The summed E-state index contributed by atoms with van der Waals surface area (Å²) in [7, 11) is 0. The van der Waals surface area contributed by atoms with Crippen LogP contribution in [0.4, 0.5) is 0 Å². The number of aliphatic hydroxyl groups excluding tert-OH is 2. The van der Waals surface area contributed by atoms with Crippen molar-refractivity contribution >= 4 is 5.78 Å². The Morgan fingerprint density at radius 1 is 1.32 bits per heavy atom. The molecule has 0 spiro atoms. The molecule has 19 heavy (non-hydrogen) atoms. The second-order valence-electron chi connectivity index (χ2n) is 5.60. The Morgan fingerprint density at radius 3 is 2.37 bits per heavy atom. The normalized spacial score (nSPS) is 16.8. The van der Waals surface area contributed by atoms with Crippen LogP contribution in [-0.2, 0) is 4.79 Å². The fraction of sp³-hybridized carbons (Fsp3) is 0.800. The second kappa shape index (κ2) is 9.23. The summed E-state index contributed by atoms with van der Waals surface area (Å²) < 4.78 is 0. The standard InChI is InChI=1S/C15H28O4/c1-12(2)14(6-5-13(3)18)7-9-15(19,11-17)8-4-10-16/h7,9,12,14,16-17,19H,4-6,8,10-11H2,1-3H3. The van der Waals surface area contributed by atoms with E-state index in [2.05, 4.69) is 13.8 Å². The van der Waals surface area contributed by atoms with Crippen LogP contribution in [0, 0.1) is 11.8 Å². The lowest BCUT2D eigenvalue weighted by atomic mass is 9.87. The Bertz CT molecular complexity index is 286. The minimum atomic E-state index is -1.27. The van der Waals surface area contributed by atoms with Gasteiger partial charge in [-0.15, -0.1) is 0 Å². The SMILES string of the molecule is CC(=O)CCC(C=CC(O)(CO)CCCO)C(C)C. The quantitative estimate of drug-likeness (QED) is 0.529. The van der Waals surface area contributed by atoms with Gasteiger partial charge in [0.1, 0.15) is 11.4 Å². The maximum Gasteiger partial charge on any atom is 0.129 e. The number of hydrogen-bond donors (Lipinski definition) is 3. The molecule has 4 heteroatoms. The van der Waals surface area contributed by atoms with Crippen molar-refractivity contribution < 1.29 is 20.1 Å². The van der Waals surface area contributed by atoms with Crippen molar-refractivity contribution in [2.75, 3.05) is 13.2 Å². The van der Waals surface area contributed by atoms with Gasteiger partial charge < -0.3 is 20.1 Å². The molecule has 0 radical (unpaired) electrons. The summed E-state index contributed by atoms with van der Waals surface area (Å²) in [6, 6.07) is 0. The molecule has 0 aliphatic heterocycles. The molecule has 0 bridgehead atoms. The summed E-state index contributed by atoms with van der Waals surface area (Å²) >= 11 is 0. The highest BCUT2D eigenvalue weighted by Crippen LogP contribution is 2.22. The molecule has 0 saturated heterocycles. The maximum atomic E-state index is 11.0. The van der Waals surface area contributed by atoms with Crippen LogP contribution < -0.4 is 0 Å². The smallest absolute Gasteiger partial charge is 0.129 e. The van der Waals surface area contributed by atoms with Crippen LogP contribution in [0.3, 0.4) is 0 Å². The number of rotatable bonds is 10. The predicted molar refractivity (Wildman–Crippen MR) is 75.7 cm³/mol. The summed E-state index contributed by atoms with van der Waals surface area (Å²) in [5.74, 6) is 0.740. The Kier molecular flexibility index (Phi) is 8.89. The fourth-order valence-electron chi connectivity index (χ4n) is 1.92. The van der Waals surface area contributed by atoms with Crippen molar-refractivity contribution in [2.45, 2.75) is 52.1 Å². The minimum absolute atomic E-state index is 0.00586. The predicted octanol–water partition coefficient (Wildman–Crippen LogP) is 1.68. The van der Waals surface area contributed by atoms with E-state index in [-0.39, 0.29) is 24.9 Å². The summed E-state index contributed by atoms with van der Waals surface area (Å²) in [4.78, 5) is 11.0. The molecule has 0 aliphatic carbocycles. The van der Waals surface area contributed by atoms with Crippen molar-refractivity contribution in [1.29, 1.82) is 0 Å². The molecular formula is C15H28O4. The monoisotopic (exact) mass is 272 g/mol. The third kappa shape index (κ3) is 8.14. The highest BCUT2D eigenvalue weighted by Gasteiger charge is 2.22. The molecule has 0 aromatic carbocycles. The molecule has 0 saturated carbocycles. The van der Waals surface area contributed by atoms with Crippen molar-refractivity contribution in [3.05, 3.63) is 12.2 Å². The van der Waals surface area contributed by atoms with E-state index in [0.717, 1.165) is 6.42 Å². The molecule has 4 nitrogen and oxygen atoms in total. The zero-order valence-corrected chi connectivity index (χ0v) is 12.3. The van der Waals surface area contributed by atoms with Crippen molar-refractivity contribution in [1.82, 2.24) is 0 Å². The lowest BCUT2D eigenvalue weighted by Gasteiger charge is -2.23. The van der Waals surface area contributed by atoms with E-state index in [1.165, 1.54) is 0 Å². The van der Waals surface area contributed by atoms with Crippen LogP contribution in [0.25, 0.3) is 0 Å². The van der Waals surface area contributed by atoms with Crippen LogP contribution in [0.1, 0.15) is 46.5 Å². The van der Waals surface area contributed by atoms with E-state index in [9.17, 15) is 15.0 Å². The highest BCUT2D eigenvalue weighted by molar-refractivity contribution is 5.75. The zero-order valence-electron chi connectivity index (χ0n) is 12.3. The Hall–Kier alpha value is -0.710. The number of carbonyl (C=O) groups is 1. The van der Waals surface area contributed by atoms with E-state index in [0.29, 0.717) is 25.2 Å². The highest BCUT2D eigenvalue weighted by atomic mass is 16.3. The van der Waals surface area contributed by atoms with Gasteiger partial charge in [0.05, 0.1) is 6.61 Å². The topological polar surface area (TPSA) is 77.8 Å². The van der Waals surface area contributed by atoms with E-state index < -0.39 is 5.60 Å². The number of carbonyl (C=O) groups excluding carboxylic acids is 1. The van der Waals surface area contributed by atoms with Crippen LogP contribution in [0.2, 0.25) is 0 Å². The molecule has 0 aliphatic rings.